The van der Waals surface area contributed by atoms with Crippen LogP contribution in [0.15, 0.2) is 54.7 Å². The van der Waals surface area contributed by atoms with E-state index in [2.05, 4.69) is 15.6 Å². The molecule has 3 rings (SSSR count). The van der Waals surface area contributed by atoms with E-state index in [1.165, 1.54) is 6.20 Å². The highest BCUT2D eigenvalue weighted by Crippen LogP contribution is 2.40. The summed E-state index contributed by atoms with van der Waals surface area (Å²) in [6.07, 6.45) is 1.52. The molecule has 0 radical (unpaired) electrons. The molecule has 0 aliphatic heterocycles. The lowest BCUT2D eigenvalue weighted by Crippen LogP contribution is -2.12. The number of methoxy groups -OCH3 is 3. The van der Waals surface area contributed by atoms with Crippen LogP contribution in [0.2, 0.25) is 0 Å². The van der Waals surface area contributed by atoms with Crippen molar-refractivity contribution >= 4 is 23.1 Å². The van der Waals surface area contributed by atoms with Crippen LogP contribution in [0.4, 0.5) is 17.2 Å². The molecule has 0 saturated carbocycles. The van der Waals surface area contributed by atoms with Crippen LogP contribution >= 0.6 is 0 Å². The third kappa shape index (κ3) is 4.76. The molecule has 3 aromatic rings. The molecule has 7 nitrogen and oxygen atoms in total. The number of rotatable bonds is 7. The molecule has 0 unspecified atom stereocenters. The summed E-state index contributed by atoms with van der Waals surface area (Å²) in [4.78, 5) is 16.7. The van der Waals surface area contributed by atoms with Crippen LogP contribution < -0.4 is 24.8 Å². The summed E-state index contributed by atoms with van der Waals surface area (Å²) in [6.45, 7) is 1.97. The number of pyridine rings is 1. The highest BCUT2D eigenvalue weighted by atomic mass is 16.5. The molecule has 1 amide bonds. The molecular weight excluding hydrogens is 370 g/mol. The van der Waals surface area contributed by atoms with Gasteiger partial charge in [-0.1, -0.05) is 12.1 Å². The van der Waals surface area contributed by atoms with Gasteiger partial charge < -0.3 is 24.8 Å². The second kappa shape index (κ2) is 8.97. The maximum Gasteiger partial charge on any atom is 0.257 e. The van der Waals surface area contributed by atoms with Gasteiger partial charge in [0.15, 0.2) is 11.5 Å². The van der Waals surface area contributed by atoms with Crippen LogP contribution in [0.1, 0.15) is 15.9 Å². The zero-order valence-corrected chi connectivity index (χ0v) is 16.8. The first kappa shape index (κ1) is 20.0. The van der Waals surface area contributed by atoms with Gasteiger partial charge in [-0.2, -0.15) is 0 Å². The lowest BCUT2D eigenvalue weighted by atomic mass is 10.2. The van der Waals surface area contributed by atoms with Crippen LogP contribution in [0.5, 0.6) is 17.2 Å². The van der Waals surface area contributed by atoms with Crippen LogP contribution in [-0.4, -0.2) is 32.2 Å². The number of amides is 1. The zero-order chi connectivity index (χ0) is 20.8. The van der Waals surface area contributed by atoms with Gasteiger partial charge in [0.2, 0.25) is 5.75 Å². The summed E-state index contributed by atoms with van der Waals surface area (Å²) in [5.74, 6) is 1.93. The number of aryl methyl sites for hydroxylation is 1. The number of aromatic nitrogens is 1. The molecule has 0 aliphatic carbocycles. The molecular formula is C22H23N3O4. The smallest absolute Gasteiger partial charge is 0.257 e. The Morgan fingerprint density at radius 3 is 2.17 bits per heavy atom. The van der Waals surface area contributed by atoms with Gasteiger partial charge in [0.05, 0.1) is 26.9 Å². The number of anilines is 3. The van der Waals surface area contributed by atoms with Gasteiger partial charge in [0, 0.05) is 29.7 Å². The number of nitrogens with one attached hydrogen (secondary N) is 2. The average Bonchev–Trinajstić information content (AvgIpc) is 2.73. The fraction of sp³-hybridized carbons (Fsp3) is 0.182. The fourth-order valence-electron chi connectivity index (χ4n) is 2.83. The summed E-state index contributed by atoms with van der Waals surface area (Å²) < 4.78 is 16.0. The summed E-state index contributed by atoms with van der Waals surface area (Å²) >= 11 is 0. The number of carbonyl (C=O) groups excluding carboxylic acids is 1. The van der Waals surface area contributed by atoms with Gasteiger partial charge in [-0.25, -0.2) is 4.98 Å². The van der Waals surface area contributed by atoms with Crippen molar-refractivity contribution in [2.24, 2.45) is 0 Å². The van der Waals surface area contributed by atoms with Crippen LogP contribution in [-0.2, 0) is 0 Å². The van der Waals surface area contributed by atoms with Crippen molar-refractivity contribution in [1.29, 1.82) is 0 Å². The van der Waals surface area contributed by atoms with E-state index in [1.807, 2.05) is 31.2 Å². The number of hydrogen-bond acceptors (Lipinski definition) is 6. The Morgan fingerprint density at radius 1 is 0.897 bits per heavy atom. The Hall–Kier alpha value is -3.74. The maximum absolute atomic E-state index is 12.4. The lowest BCUT2D eigenvalue weighted by molar-refractivity contribution is 0.102. The van der Waals surface area contributed by atoms with Crippen molar-refractivity contribution in [2.45, 2.75) is 6.92 Å². The molecule has 0 bridgehead atoms. The third-order valence-corrected chi connectivity index (χ3v) is 4.24. The SMILES string of the molecule is COc1cc(Nc2ccc(C(=O)Nc3cccc(C)c3)cn2)cc(OC)c1OC. The molecule has 1 heterocycles. The molecule has 7 heteroatoms. The second-order valence-electron chi connectivity index (χ2n) is 6.29. The van der Waals surface area contributed by atoms with E-state index in [1.54, 1.807) is 45.6 Å². The van der Waals surface area contributed by atoms with E-state index in [-0.39, 0.29) is 5.91 Å². The Morgan fingerprint density at radius 2 is 1.62 bits per heavy atom. The Bertz CT molecular complexity index is 978. The number of nitrogens with zero attached hydrogens (tertiary/aromatic N) is 1. The third-order valence-electron chi connectivity index (χ3n) is 4.24. The van der Waals surface area contributed by atoms with Gasteiger partial charge in [-0.3, -0.25) is 4.79 Å². The molecule has 0 fully saturated rings. The van der Waals surface area contributed by atoms with Crippen molar-refractivity contribution in [2.75, 3.05) is 32.0 Å². The van der Waals surface area contributed by atoms with E-state index in [4.69, 9.17) is 14.2 Å². The molecule has 0 atom stereocenters. The standard InChI is InChI=1S/C22H23N3O4/c1-14-6-5-7-16(10-14)25-22(26)15-8-9-20(23-13-15)24-17-11-18(27-2)21(29-4)19(12-17)28-3/h5-13H,1-4H3,(H,23,24)(H,25,26). The minimum absolute atomic E-state index is 0.220. The van der Waals surface area contributed by atoms with Crippen LogP contribution in [0, 0.1) is 6.92 Å². The van der Waals surface area contributed by atoms with Crippen LogP contribution in [0.3, 0.4) is 0 Å². The predicted molar refractivity (Wildman–Crippen MR) is 113 cm³/mol. The quantitative estimate of drug-likeness (QED) is 0.619. The van der Waals surface area contributed by atoms with Gasteiger partial charge in [-0.05, 0) is 36.8 Å². The zero-order valence-electron chi connectivity index (χ0n) is 16.8. The number of benzene rings is 2. The van der Waals surface area contributed by atoms with Crippen LogP contribution in [0.25, 0.3) is 0 Å². The summed E-state index contributed by atoms with van der Waals surface area (Å²) in [6, 6.07) is 14.6. The highest BCUT2D eigenvalue weighted by Gasteiger charge is 2.14. The van der Waals surface area contributed by atoms with E-state index >= 15 is 0 Å². The van der Waals surface area contributed by atoms with Gasteiger partial charge >= 0.3 is 0 Å². The first-order valence-electron chi connectivity index (χ1n) is 8.95. The van der Waals surface area contributed by atoms with E-state index in [0.717, 1.165) is 11.3 Å². The predicted octanol–water partition coefficient (Wildman–Crippen LogP) is 4.41. The van der Waals surface area contributed by atoms with E-state index in [9.17, 15) is 4.79 Å². The first-order chi connectivity index (χ1) is 14.0. The molecule has 2 aromatic carbocycles. The summed E-state index contributed by atoms with van der Waals surface area (Å²) in [7, 11) is 4.66. The molecule has 0 spiro atoms. The fourth-order valence-corrected chi connectivity index (χ4v) is 2.83. The van der Waals surface area contributed by atoms with E-state index < -0.39 is 0 Å². The molecule has 29 heavy (non-hydrogen) atoms. The van der Waals surface area contributed by atoms with Crippen molar-refractivity contribution in [3.63, 3.8) is 0 Å². The highest BCUT2D eigenvalue weighted by molar-refractivity contribution is 6.04. The van der Waals surface area contributed by atoms with Gasteiger partial charge in [0.1, 0.15) is 5.82 Å². The lowest BCUT2D eigenvalue weighted by Gasteiger charge is -2.15. The molecule has 150 valence electrons. The number of carbonyl (C=O) groups is 1. The maximum atomic E-state index is 12.4. The summed E-state index contributed by atoms with van der Waals surface area (Å²) in [5, 5.41) is 6.03. The minimum Gasteiger partial charge on any atom is -0.493 e. The molecule has 0 saturated heterocycles. The Balaban J connectivity index is 1.74. The number of hydrogen-bond donors (Lipinski definition) is 2. The topological polar surface area (TPSA) is 81.7 Å². The van der Waals surface area contributed by atoms with Crippen molar-refractivity contribution in [3.05, 3.63) is 65.9 Å². The summed E-state index contributed by atoms with van der Waals surface area (Å²) in [5.41, 5.74) is 2.99. The second-order valence-corrected chi connectivity index (χ2v) is 6.29. The Labute approximate surface area is 169 Å². The van der Waals surface area contributed by atoms with Crippen molar-refractivity contribution < 1.29 is 19.0 Å². The Kier molecular flexibility index (Phi) is 6.19. The monoisotopic (exact) mass is 393 g/mol. The van der Waals surface area contributed by atoms with Gasteiger partial charge in [0.25, 0.3) is 5.91 Å². The van der Waals surface area contributed by atoms with Crippen molar-refractivity contribution in [1.82, 2.24) is 4.98 Å². The first-order valence-corrected chi connectivity index (χ1v) is 8.95. The largest absolute Gasteiger partial charge is 0.493 e. The van der Waals surface area contributed by atoms with E-state index in [0.29, 0.717) is 34.3 Å². The van der Waals surface area contributed by atoms with Crippen molar-refractivity contribution in [3.8, 4) is 17.2 Å². The molecule has 0 aliphatic rings. The minimum atomic E-state index is -0.220. The number of ether oxygens (including phenoxy) is 3. The average molecular weight is 393 g/mol. The molecule has 2 N–H and O–H groups in total. The molecule has 1 aromatic heterocycles. The normalized spacial score (nSPS) is 10.2. The van der Waals surface area contributed by atoms with Gasteiger partial charge in [-0.15, -0.1) is 0 Å².